The smallest absolute Gasteiger partial charge is 0.259 e. The van der Waals surface area contributed by atoms with Gasteiger partial charge in [0.05, 0.1) is 24.2 Å². The molecule has 0 heterocycles. The zero-order valence-electron chi connectivity index (χ0n) is 25.6. The summed E-state index contributed by atoms with van der Waals surface area (Å²) in [6.07, 6.45) is 0.717. The molecule has 0 bridgehead atoms. The second kappa shape index (κ2) is 15.2. The van der Waals surface area contributed by atoms with Crippen LogP contribution in [0.15, 0.2) is 167 Å². The van der Waals surface area contributed by atoms with E-state index >= 15 is 0 Å². The largest absolute Gasteiger partial charge is 0.304 e. The van der Waals surface area contributed by atoms with Gasteiger partial charge in [-0.1, -0.05) is 109 Å². The van der Waals surface area contributed by atoms with E-state index in [1.807, 2.05) is 143 Å². The van der Waals surface area contributed by atoms with E-state index in [1.54, 1.807) is 0 Å². The molecule has 6 aromatic carbocycles. The van der Waals surface area contributed by atoms with Crippen molar-refractivity contribution in [2.24, 2.45) is 0 Å². The van der Waals surface area contributed by atoms with Crippen LogP contribution in [0.1, 0.15) is 43.0 Å². The van der Waals surface area contributed by atoms with Crippen LogP contribution in [0.2, 0.25) is 0 Å². The Labute approximate surface area is 292 Å². The molecule has 4 nitrogen and oxygen atoms in total. The first-order valence-corrected chi connectivity index (χ1v) is 16.9. The highest BCUT2D eigenvalue weighted by atomic mass is 79.9. The zero-order chi connectivity index (χ0) is 32.6. The Morgan fingerprint density at radius 2 is 0.745 bits per heavy atom. The normalized spacial score (nSPS) is 10.8. The van der Waals surface area contributed by atoms with Gasteiger partial charge in [0, 0.05) is 20.3 Å². The van der Waals surface area contributed by atoms with E-state index in [-0.39, 0.29) is 11.8 Å². The van der Waals surface area contributed by atoms with Gasteiger partial charge in [-0.25, -0.2) is 0 Å². The first-order valence-electron chi connectivity index (χ1n) is 15.3. The highest BCUT2D eigenvalue weighted by Crippen LogP contribution is 2.27. The van der Waals surface area contributed by atoms with Gasteiger partial charge in [0.2, 0.25) is 0 Å². The number of anilines is 2. The third-order valence-electron chi connectivity index (χ3n) is 7.97. The Balaban J connectivity index is 1.22. The quantitative estimate of drug-likeness (QED) is 0.140. The topological polar surface area (TPSA) is 40.6 Å². The average Bonchev–Trinajstić information content (AvgIpc) is 3.11. The molecule has 47 heavy (non-hydrogen) atoms. The molecule has 0 spiro atoms. The lowest BCUT2D eigenvalue weighted by Gasteiger charge is -2.24. The van der Waals surface area contributed by atoms with Crippen LogP contribution in [-0.4, -0.2) is 11.8 Å². The summed E-state index contributed by atoms with van der Waals surface area (Å²) in [5, 5.41) is 0. The number of benzene rings is 6. The predicted molar refractivity (Wildman–Crippen MR) is 198 cm³/mol. The van der Waals surface area contributed by atoms with Crippen LogP contribution in [0.4, 0.5) is 11.4 Å². The molecule has 0 unspecified atom stereocenters. The van der Waals surface area contributed by atoms with Gasteiger partial charge in [0.1, 0.15) is 0 Å². The van der Waals surface area contributed by atoms with Crippen molar-refractivity contribution in [2.75, 3.05) is 9.80 Å². The van der Waals surface area contributed by atoms with Gasteiger partial charge in [-0.2, -0.15) is 0 Å². The number of amides is 2. The Bertz CT molecular complexity index is 1820. The fourth-order valence-corrected chi connectivity index (χ4v) is 6.38. The fraction of sp³-hybridized carbons (Fsp3) is 0.0732. The molecule has 232 valence electrons. The van der Waals surface area contributed by atoms with Crippen molar-refractivity contribution in [3.8, 4) is 0 Å². The first kappa shape index (κ1) is 32.2. The number of hydrogen-bond donors (Lipinski definition) is 0. The van der Waals surface area contributed by atoms with E-state index in [0.717, 1.165) is 42.6 Å². The van der Waals surface area contributed by atoms with Crippen molar-refractivity contribution in [3.05, 3.63) is 200 Å². The van der Waals surface area contributed by atoms with Crippen molar-refractivity contribution in [1.29, 1.82) is 0 Å². The van der Waals surface area contributed by atoms with Gasteiger partial charge >= 0.3 is 0 Å². The van der Waals surface area contributed by atoms with Gasteiger partial charge in [0.15, 0.2) is 0 Å². The van der Waals surface area contributed by atoms with Crippen LogP contribution in [0, 0.1) is 0 Å². The molecular formula is C41H32Br2N2O2. The van der Waals surface area contributed by atoms with Gasteiger partial charge in [-0.15, -0.1) is 0 Å². The van der Waals surface area contributed by atoms with Crippen molar-refractivity contribution in [3.63, 3.8) is 0 Å². The summed E-state index contributed by atoms with van der Waals surface area (Å²) < 4.78 is 1.53. The lowest BCUT2D eigenvalue weighted by atomic mass is 10.0. The van der Waals surface area contributed by atoms with E-state index in [1.165, 1.54) is 0 Å². The minimum Gasteiger partial charge on any atom is -0.304 e. The lowest BCUT2D eigenvalue weighted by molar-refractivity contribution is 0.0976. The van der Waals surface area contributed by atoms with E-state index in [9.17, 15) is 9.59 Å². The van der Waals surface area contributed by atoms with E-state index in [0.29, 0.717) is 30.6 Å². The Morgan fingerprint density at radius 1 is 0.404 bits per heavy atom. The van der Waals surface area contributed by atoms with Crippen molar-refractivity contribution < 1.29 is 9.59 Å². The number of carbonyl (C=O) groups is 2. The predicted octanol–water partition coefficient (Wildman–Crippen LogP) is 10.5. The average molecular weight is 745 g/mol. The van der Waals surface area contributed by atoms with Crippen molar-refractivity contribution in [2.45, 2.75) is 19.5 Å². The molecule has 0 atom stereocenters. The summed E-state index contributed by atoms with van der Waals surface area (Å²) in [5.41, 5.74) is 7.25. The van der Waals surface area contributed by atoms with Gasteiger partial charge < -0.3 is 9.80 Å². The third kappa shape index (κ3) is 7.97. The molecule has 0 radical (unpaired) electrons. The van der Waals surface area contributed by atoms with Crippen LogP contribution in [-0.2, 0) is 19.5 Å². The molecule has 0 saturated carbocycles. The van der Waals surface area contributed by atoms with E-state index in [4.69, 9.17) is 0 Å². The molecule has 0 fully saturated rings. The van der Waals surface area contributed by atoms with Crippen LogP contribution in [0.3, 0.4) is 0 Å². The summed E-state index contributed by atoms with van der Waals surface area (Å²) >= 11 is 7.11. The summed E-state index contributed by atoms with van der Waals surface area (Å²) in [6, 6.07) is 51.4. The van der Waals surface area contributed by atoms with Crippen LogP contribution < -0.4 is 9.80 Å². The van der Waals surface area contributed by atoms with Gasteiger partial charge in [-0.3, -0.25) is 9.59 Å². The standard InChI is InChI=1S/C41H32Br2N2O2/c42-38-17-9-7-15-36(38)40(46)44(28-32-11-3-1-4-12-32)34-23-19-30(20-24-34)27-31-21-25-35(26-22-31)45(29-33-13-5-2-6-14-33)41(47)37-16-8-10-18-39(37)43/h1-26H,27-29H2. The second-order valence-corrected chi connectivity index (χ2v) is 12.9. The highest BCUT2D eigenvalue weighted by Gasteiger charge is 2.22. The number of rotatable bonds is 10. The Hall–Kier alpha value is -4.78. The molecule has 0 aliphatic carbocycles. The molecule has 0 aliphatic rings. The molecule has 6 rings (SSSR count). The van der Waals surface area contributed by atoms with Crippen LogP contribution in [0.25, 0.3) is 0 Å². The van der Waals surface area contributed by atoms with Gasteiger partial charge in [0.25, 0.3) is 11.8 Å². The minimum absolute atomic E-state index is 0.0678. The van der Waals surface area contributed by atoms with Crippen LogP contribution in [0.5, 0.6) is 0 Å². The first-order chi connectivity index (χ1) is 23.0. The molecule has 6 heteroatoms. The number of halogens is 2. The number of carbonyl (C=O) groups excluding carboxylic acids is 2. The summed E-state index contributed by atoms with van der Waals surface area (Å²) in [5.74, 6) is -0.136. The van der Waals surface area contributed by atoms with Crippen molar-refractivity contribution in [1.82, 2.24) is 0 Å². The van der Waals surface area contributed by atoms with E-state index in [2.05, 4.69) is 56.1 Å². The van der Waals surface area contributed by atoms with Crippen molar-refractivity contribution >= 4 is 55.0 Å². The maximum Gasteiger partial charge on any atom is 0.259 e. The maximum absolute atomic E-state index is 13.8. The Kier molecular flexibility index (Phi) is 10.4. The molecule has 0 aromatic heterocycles. The minimum atomic E-state index is -0.0678. The number of nitrogens with zero attached hydrogens (tertiary/aromatic N) is 2. The summed E-state index contributed by atoms with van der Waals surface area (Å²) in [7, 11) is 0. The maximum atomic E-state index is 13.8. The molecule has 0 saturated heterocycles. The number of hydrogen-bond acceptors (Lipinski definition) is 2. The van der Waals surface area contributed by atoms with Crippen LogP contribution >= 0.6 is 31.9 Å². The SMILES string of the molecule is O=C(c1ccccc1Br)N(Cc1ccccc1)c1ccc(Cc2ccc(N(Cc3ccccc3)C(=O)c3ccccc3Br)cc2)cc1. The lowest BCUT2D eigenvalue weighted by Crippen LogP contribution is -2.30. The molecule has 2 amide bonds. The van der Waals surface area contributed by atoms with E-state index < -0.39 is 0 Å². The Morgan fingerprint density at radius 3 is 1.11 bits per heavy atom. The third-order valence-corrected chi connectivity index (χ3v) is 9.35. The molecule has 0 N–H and O–H groups in total. The molecule has 0 aliphatic heterocycles. The molecule has 6 aromatic rings. The fourth-order valence-electron chi connectivity index (χ4n) is 5.48. The summed E-state index contributed by atoms with van der Waals surface area (Å²) in [4.78, 5) is 31.2. The second-order valence-electron chi connectivity index (χ2n) is 11.2. The monoisotopic (exact) mass is 742 g/mol. The van der Waals surface area contributed by atoms with Gasteiger partial charge in [-0.05, 0) is 109 Å². The molecular weight excluding hydrogens is 712 g/mol. The highest BCUT2D eigenvalue weighted by molar-refractivity contribution is 9.10. The zero-order valence-corrected chi connectivity index (χ0v) is 28.8. The summed E-state index contributed by atoms with van der Waals surface area (Å²) in [6.45, 7) is 0.916.